The Morgan fingerprint density at radius 2 is 1.54 bits per heavy atom. The van der Waals surface area contributed by atoms with E-state index in [2.05, 4.69) is 10.1 Å². The number of carbonyl (C=O) groups excluding carboxylic acids is 2. The van der Waals surface area contributed by atoms with Gasteiger partial charge in [0.25, 0.3) is 5.91 Å². The number of hydrogen-bond acceptors (Lipinski definition) is 4. The van der Waals surface area contributed by atoms with E-state index >= 15 is 0 Å². The fourth-order valence-electron chi connectivity index (χ4n) is 2.26. The fraction of sp³-hybridized carbons (Fsp3) is 0.222. The van der Waals surface area contributed by atoms with Gasteiger partial charge in [-0.05, 0) is 35.4 Å². The molecule has 0 bridgehead atoms. The molecule has 1 amide bonds. The van der Waals surface area contributed by atoms with Crippen LogP contribution in [0.3, 0.4) is 0 Å². The number of rotatable bonds is 5. The van der Waals surface area contributed by atoms with E-state index < -0.39 is 29.7 Å². The van der Waals surface area contributed by atoms with Crippen LogP contribution in [-0.4, -0.2) is 31.6 Å². The summed E-state index contributed by atoms with van der Waals surface area (Å²) in [4.78, 5) is 23.6. The topological polar surface area (TPSA) is 81.4 Å². The van der Waals surface area contributed by atoms with Gasteiger partial charge in [0.1, 0.15) is 6.04 Å². The molecular weight excluding hydrogens is 349 g/mol. The van der Waals surface area contributed by atoms with E-state index in [9.17, 15) is 22.8 Å². The molecule has 26 heavy (non-hydrogen) atoms. The van der Waals surface area contributed by atoms with Crippen LogP contribution in [0.1, 0.15) is 15.9 Å². The van der Waals surface area contributed by atoms with E-state index in [0.29, 0.717) is 11.1 Å². The van der Waals surface area contributed by atoms with E-state index in [-0.39, 0.29) is 12.1 Å². The summed E-state index contributed by atoms with van der Waals surface area (Å²) in [5.41, 5.74) is 6.21. The first-order valence-electron chi connectivity index (χ1n) is 7.62. The molecule has 138 valence electrons. The molecule has 2 aromatic carbocycles. The Kier molecular flexibility index (Phi) is 5.99. The summed E-state index contributed by atoms with van der Waals surface area (Å²) in [5, 5.41) is 2.45. The lowest BCUT2D eigenvalue weighted by Gasteiger charge is -2.14. The first kappa shape index (κ1) is 19.5. The van der Waals surface area contributed by atoms with Crippen molar-refractivity contribution in [2.45, 2.75) is 12.2 Å². The van der Waals surface area contributed by atoms with E-state index in [4.69, 9.17) is 5.73 Å². The van der Waals surface area contributed by atoms with Crippen LogP contribution in [0.25, 0.3) is 11.1 Å². The van der Waals surface area contributed by atoms with Crippen molar-refractivity contribution in [3.05, 3.63) is 59.7 Å². The van der Waals surface area contributed by atoms with Gasteiger partial charge in [-0.15, -0.1) is 0 Å². The van der Waals surface area contributed by atoms with Crippen LogP contribution in [0.15, 0.2) is 48.5 Å². The van der Waals surface area contributed by atoms with Crippen molar-refractivity contribution in [2.24, 2.45) is 5.73 Å². The summed E-state index contributed by atoms with van der Waals surface area (Å²) in [6.07, 6.45) is -4.39. The number of nitrogens with two attached hydrogens (primary N) is 1. The second-order valence-corrected chi connectivity index (χ2v) is 5.44. The molecule has 0 saturated carbocycles. The Morgan fingerprint density at radius 1 is 1.04 bits per heavy atom. The van der Waals surface area contributed by atoms with Gasteiger partial charge in [0, 0.05) is 12.1 Å². The summed E-state index contributed by atoms with van der Waals surface area (Å²) < 4.78 is 42.3. The third kappa shape index (κ3) is 4.60. The third-order valence-corrected chi connectivity index (χ3v) is 3.72. The van der Waals surface area contributed by atoms with Gasteiger partial charge in [0.05, 0.1) is 12.7 Å². The zero-order chi connectivity index (χ0) is 19.3. The van der Waals surface area contributed by atoms with Crippen LogP contribution in [0.5, 0.6) is 0 Å². The lowest BCUT2D eigenvalue weighted by molar-refractivity contribution is -0.142. The minimum Gasteiger partial charge on any atom is -0.467 e. The molecule has 5 nitrogen and oxygen atoms in total. The number of esters is 1. The smallest absolute Gasteiger partial charge is 0.416 e. The van der Waals surface area contributed by atoms with Gasteiger partial charge in [-0.3, -0.25) is 4.79 Å². The quantitative estimate of drug-likeness (QED) is 0.797. The van der Waals surface area contributed by atoms with Gasteiger partial charge in [-0.2, -0.15) is 13.2 Å². The van der Waals surface area contributed by atoms with Crippen molar-refractivity contribution < 1.29 is 27.5 Å². The number of nitrogens with one attached hydrogen (secondary N) is 1. The molecule has 2 aromatic rings. The molecule has 0 spiro atoms. The van der Waals surface area contributed by atoms with Crippen molar-refractivity contribution in [3.8, 4) is 11.1 Å². The number of methoxy groups -OCH3 is 1. The number of alkyl halides is 3. The Bertz CT molecular complexity index is 772. The molecular formula is C18H17F3N2O3. The monoisotopic (exact) mass is 366 g/mol. The Hall–Kier alpha value is -2.87. The van der Waals surface area contributed by atoms with Crippen molar-refractivity contribution in [2.75, 3.05) is 13.7 Å². The molecule has 2 rings (SSSR count). The molecule has 8 heteroatoms. The molecule has 1 atom stereocenters. The summed E-state index contributed by atoms with van der Waals surface area (Å²) in [6, 6.07) is 9.98. The molecule has 0 radical (unpaired) electrons. The molecule has 3 N–H and O–H groups in total. The maximum Gasteiger partial charge on any atom is 0.416 e. The van der Waals surface area contributed by atoms with Gasteiger partial charge < -0.3 is 15.8 Å². The number of carbonyl (C=O) groups is 2. The Balaban J connectivity index is 2.12. The molecule has 0 aliphatic rings. The van der Waals surface area contributed by atoms with Gasteiger partial charge in [-0.25, -0.2) is 4.79 Å². The lowest BCUT2D eigenvalue weighted by Crippen LogP contribution is -2.46. The first-order valence-corrected chi connectivity index (χ1v) is 7.62. The molecule has 0 saturated heterocycles. The number of amides is 1. The van der Waals surface area contributed by atoms with Gasteiger partial charge >= 0.3 is 12.1 Å². The highest BCUT2D eigenvalue weighted by molar-refractivity contribution is 5.97. The molecule has 0 aliphatic heterocycles. The minimum absolute atomic E-state index is 0.109. The summed E-state index contributed by atoms with van der Waals surface area (Å²) in [6.45, 7) is -0.109. The normalized spacial score (nSPS) is 12.3. The molecule has 0 fully saturated rings. The second-order valence-electron chi connectivity index (χ2n) is 5.44. The van der Waals surface area contributed by atoms with Crippen LogP contribution in [0, 0.1) is 0 Å². The predicted molar refractivity (Wildman–Crippen MR) is 89.2 cm³/mol. The zero-order valence-electron chi connectivity index (χ0n) is 13.8. The highest BCUT2D eigenvalue weighted by Gasteiger charge is 2.30. The van der Waals surface area contributed by atoms with Crippen molar-refractivity contribution in [3.63, 3.8) is 0 Å². The standard InChI is InChI=1S/C18H17F3N2O3/c1-26-17(25)15(10-22)23-16(24)13-4-2-11(3-5-13)12-6-8-14(9-7-12)18(19,20)21/h2-9,15H,10,22H2,1H3,(H,23,24)/t15-/m0/s1. The highest BCUT2D eigenvalue weighted by atomic mass is 19.4. The Morgan fingerprint density at radius 3 is 1.96 bits per heavy atom. The van der Waals surface area contributed by atoms with E-state index in [1.807, 2.05) is 0 Å². The van der Waals surface area contributed by atoms with Crippen LogP contribution >= 0.6 is 0 Å². The van der Waals surface area contributed by atoms with Crippen LogP contribution < -0.4 is 11.1 Å². The maximum atomic E-state index is 12.6. The van der Waals surface area contributed by atoms with Gasteiger partial charge in [0.2, 0.25) is 0 Å². The zero-order valence-corrected chi connectivity index (χ0v) is 13.8. The SMILES string of the molecule is COC(=O)[C@H](CN)NC(=O)c1ccc(-c2ccc(C(F)(F)F)cc2)cc1. The minimum atomic E-state index is -4.39. The molecule has 0 unspecified atom stereocenters. The number of benzene rings is 2. The summed E-state index contributed by atoms with van der Waals surface area (Å²) >= 11 is 0. The molecule has 0 aromatic heterocycles. The van der Waals surface area contributed by atoms with E-state index in [1.54, 1.807) is 12.1 Å². The van der Waals surface area contributed by atoms with Crippen LogP contribution in [-0.2, 0) is 15.7 Å². The van der Waals surface area contributed by atoms with Gasteiger partial charge in [-0.1, -0.05) is 24.3 Å². The van der Waals surface area contributed by atoms with Crippen LogP contribution in [0.4, 0.5) is 13.2 Å². The highest BCUT2D eigenvalue weighted by Crippen LogP contribution is 2.31. The van der Waals surface area contributed by atoms with Crippen LogP contribution in [0.2, 0.25) is 0 Å². The van der Waals surface area contributed by atoms with E-state index in [1.165, 1.54) is 31.4 Å². The number of hydrogen-bond donors (Lipinski definition) is 2. The molecule has 0 heterocycles. The van der Waals surface area contributed by atoms with Crippen molar-refractivity contribution in [1.29, 1.82) is 0 Å². The van der Waals surface area contributed by atoms with Gasteiger partial charge in [0.15, 0.2) is 0 Å². The Labute approximate surface area is 148 Å². The summed E-state index contributed by atoms with van der Waals surface area (Å²) in [7, 11) is 1.19. The van der Waals surface area contributed by atoms with Crippen molar-refractivity contribution >= 4 is 11.9 Å². The first-order chi connectivity index (χ1) is 12.3. The lowest BCUT2D eigenvalue weighted by atomic mass is 10.0. The fourth-order valence-corrected chi connectivity index (χ4v) is 2.26. The second kappa shape index (κ2) is 8.01. The number of halogens is 3. The molecule has 0 aliphatic carbocycles. The predicted octanol–water partition coefficient (Wildman–Crippen LogP) is 2.60. The summed E-state index contributed by atoms with van der Waals surface area (Å²) in [5.74, 6) is -1.16. The van der Waals surface area contributed by atoms with E-state index in [0.717, 1.165) is 12.1 Å². The third-order valence-electron chi connectivity index (χ3n) is 3.72. The average molecular weight is 366 g/mol. The maximum absolute atomic E-state index is 12.6. The largest absolute Gasteiger partial charge is 0.467 e. The van der Waals surface area contributed by atoms with Crippen molar-refractivity contribution in [1.82, 2.24) is 5.32 Å². The number of ether oxygens (including phenoxy) is 1. The average Bonchev–Trinajstić information content (AvgIpc) is 2.64.